The van der Waals surface area contributed by atoms with Crippen molar-refractivity contribution in [2.75, 3.05) is 73.2 Å². The highest BCUT2D eigenvalue weighted by atomic mass is 19.4. The number of nitrogen functional groups attached to an aromatic ring is 1. The van der Waals surface area contributed by atoms with Crippen molar-refractivity contribution in [2.24, 2.45) is 0 Å². The van der Waals surface area contributed by atoms with Crippen LogP contribution in [0.1, 0.15) is 43.7 Å². The molecule has 0 bridgehead atoms. The van der Waals surface area contributed by atoms with Gasteiger partial charge in [0.05, 0.1) is 28.8 Å². The van der Waals surface area contributed by atoms with Crippen molar-refractivity contribution in [1.29, 1.82) is 10.5 Å². The molecule has 0 aromatic heterocycles. The van der Waals surface area contributed by atoms with Gasteiger partial charge in [-0.1, -0.05) is 48.5 Å². The summed E-state index contributed by atoms with van der Waals surface area (Å²) in [6.45, 7) is 11.2. The number of hydrogen-bond donors (Lipinski definition) is 2. The van der Waals surface area contributed by atoms with Crippen LogP contribution in [0.15, 0.2) is 140 Å². The lowest BCUT2D eigenvalue weighted by atomic mass is 9.94. The number of nitriles is 2. The van der Waals surface area contributed by atoms with Crippen LogP contribution in [0.3, 0.4) is 0 Å². The third-order valence-corrected chi connectivity index (χ3v) is 11.4. The molecule has 0 atom stereocenters. The predicted molar refractivity (Wildman–Crippen MR) is 244 cm³/mol. The van der Waals surface area contributed by atoms with Gasteiger partial charge in [0.15, 0.2) is 0 Å². The van der Waals surface area contributed by atoms with Crippen LogP contribution in [0.25, 0.3) is 11.1 Å². The van der Waals surface area contributed by atoms with E-state index in [9.17, 15) is 18.0 Å². The molecular weight excluding hydrogens is 798 g/mol. The molecule has 3 N–H and O–H groups in total. The molecule has 0 aliphatic carbocycles. The third kappa shape index (κ3) is 11.6. The van der Waals surface area contributed by atoms with E-state index < -0.39 is 11.7 Å². The standard InChI is InChI=1S/C33H29F3N4O.C18H20N4/c1-23-4-2-7-30(31(23)26-8-10-27(11-9-26)33(34,35)36)32(41)38-28-12-14-29(15-13-28)40-18-16-39(17-19-40)22-25-6-3-5-24(20-25)21-37;19-13-15-2-1-3-16(12-15)14-21-8-10-22(11-9-21)18-6-4-17(20)5-7-18/h2-15,20H,16-19,22H2,1H3,(H,38,41);1-7,12H,8-11,14,20H2. The Kier molecular flexibility index (Phi) is 14.1. The van der Waals surface area contributed by atoms with Crippen LogP contribution >= 0.6 is 0 Å². The maximum atomic E-state index is 13.3. The fourth-order valence-corrected chi connectivity index (χ4v) is 8.03. The van der Waals surface area contributed by atoms with Crippen LogP contribution < -0.4 is 20.9 Å². The monoisotopic (exact) mass is 846 g/mol. The first-order chi connectivity index (χ1) is 30.4. The molecule has 9 nitrogen and oxygen atoms in total. The number of carbonyl (C=O) groups excluding carboxylic acids is 1. The topological polar surface area (TPSA) is 116 Å². The largest absolute Gasteiger partial charge is 0.416 e. The Morgan fingerprint density at radius 1 is 0.635 bits per heavy atom. The van der Waals surface area contributed by atoms with E-state index in [1.54, 1.807) is 12.1 Å². The number of rotatable bonds is 9. The van der Waals surface area contributed by atoms with E-state index >= 15 is 0 Å². The van der Waals surface area contributed by atoms with E-state index in [1.165, 1.54) is 23.4 Å². The minimum Gasteiger partial charge on any atom is -0.399 e. The molecule has 63 heavy (non-hydrogen) atoms. The van der Waals surface area contributed by atoms with Crippen LogP contribution in [0.4, 0.5) is 35.9 Å². The lowest BCUT2D eigenvalue weighted by Crippen LogP contribution is -2.45. The molecule has 12 heteroatoms. The number of carbonyl (C=O) groups is 1. The average molecular weight is 847 g/mol. The fraction of sp³-hybridized carbons (Fsp3) is 0.235. The summed E-state index contributed by atoms with van der Waals surface area (Å²) in [6.07, 6.45) is -4.42. The van der Waals surface area contributed by atoms with Crippen LogP contribution in [-0.4, -0.2) is 68.1 Å². The van der Waals surface area contributed by atoms with Crippen LogP contribution in [0.2, 0.25) is 0 Å². The van der Waals surface area contributed by atoms with Gasteiger partial charge in [0.25, 0.3) is 5.91 Å². The Labute approximate surface area is 367 Å². The summed E-state index contributed by atoms with van der Waals surface area (Å²) in [5, 5.41) is 21.0. The van der Waals surface area contributed by atoms with Crippen molar-refractivity contribution in [1.82, 2.24) is 9.80 Å². The zero-order chi connectivity index (χ0) is 44.3. The molecule has 2 aliphatic rings. The van der Waals surface area contributed by atoms with E-state index in [1.807, 2.05) is 91.9 Å². The Morgan fingerprint density at radius 2 is 1.11 bits per heavy atom. The number of halogens is 3. The molecule has 2 fully saturated rings. The van der Waals surface area contributed by atoms with Crippen molar-refractivity contribution >= 4 is 28.7 Å². The number of nitrogens with zero attached hydrogens (tertiary/aromatic N) is 6. The number of piperazine rings is 2. The lowest BCUT2D eigenvalue weighted by Gasteiger charge is -2.36. The highest BCUT2D eigenvalue weighted by molar-refractivity contribution is 6.09. The highest BCUT2D eigenvalue weighted by Crippen LogP contribution is 2.34. The van der Waals surface area contributed by atoms with Gasteiger partial charge >= 0.3 is 6.18 Å². The number of benzene rings is 6. The summed E-state index contributed by atoms with van der Waals surface area (Å²) in [7, 11) is 0. The number of nitrogens with one attached hydrogen (secondary N) is 1. The smallest absolute Gasteiger partial charge is 0.399 e. The maximum absolute atomic E-state index is 13.3. The van der Waals surface area contributed by atoms with Gasteiger partial charge in [0.1, 0.15) is 0 Å². The van der Waals surface area contributed by atoms with Gasteiger partial charge in [-0.05, 0) is 126 Å². The number of amides is 1. The second-order valence-corrected chi connectivity index (χ2v) is 15.8. The number of nitrogens with two attached hydrogens (primary N) is 1. The SMILES string of the molecule is Cc1cccc(C(=O)Nc2ccc(N3CCN(Cc4cccc(C#N)c4)CC3)cc2)c1-c1ccc(C(F)(F)F)cc1.N#Cc1cccc(CN2CCN(c3ccc(N)cc3)CC2)c1. The molecule has 8 rings (SSSR count). The van der Waals surface area contributed by atoms with Crippen LogP contribution in [-0.2, 0) is 19.3 Å². The van der Waals surface area contributed by atoms with Gasteiger partial charge in [-0.25, -0.2) is 0 Å². The molecule has 2 saturated heterocycles. The zero-order valence-corrected chi connectivity index (χ0v) is 35.2. The molecule has 0 spiro atoms. The van der Waals surface area contributed by atoms with E-state index in [2.05, 4.69) is 55.3 Å². The molecule has 6 aromatic rings. The fourth-order valence-electron chi connectivity index (χ4n) is 8.03. The minimum absolute atomic E-state index is 0.328. The summed E-state index contributed by atoms with van der Waals surface area (Å²) < 4.78 is 39.1. The normalized spacial score (nSPS) is 14.5. The van der Waals surface area contributed by atoms with Crippen molar-refractivity contribution in [3.8, 4) is 23.3 Å². The van der Waals surface area contributed by atoms with Gasteiger partial charge < -0.3 is 20.9 Å². The first-order valence-corrected chi connectivity index (χ1v) is 20.9. The Bertz CT molecular complexity index is 2570. The third-order valence-electron chi connectivity index (χ3n) is 11.4. The molecule has 1 amide bonds. The van der Waals surface area contributed by atoms with E-state index in [-0.39, 0.29) is 5.91 Å². The quantitative estimate of drug-likeness (QED) is 0.138. The van der Waals surface area contributed by atoms with E-state index in [0.29, 0.717) is 27.9 Å². The summed E-state index contributed by atoms with van der Waals surface area (Å²) in [5.41, 5.74) is 14.8. The summed E-state index contributed by atoms with van der Waals surface area (Å²) >= 11 is 0. The van der Waals surface area contributed by atoms with E-state index in [0.717, 1.165) is 106 Å². The number of hydrogen-bond acceptors (Lipinski definition) is 8. The zero-order valence-electron chi connectivity index (χ0n) is 35.2. The second kappa shape index (κ2) is 20.2. The molecule has 0 saturated carbocycles. The molecule has 2 aliphatic heterocycles. The Morgan fingerprint density at radius 3 is 1.59 bits per heavy atom. The predicted octanol–water partition coefficient (Wildman–Crippen LogP) is 9.59. The van der Waals surface area contributed by atoms with Gasteiger partial charge in [-0.3, -0.25) is 14.6 Å². The molecular formula is C51H49F3N8O. The Balaban J connectivity index is 0.000000227. The average Bonchev–Trinajstić information content (AvgIpc) is 3.30. The van der Waals surface area contributed by atoms with Gasteiger partial charge in [-0.15, -0.1) is 0 Å². The second-order valence-electron chi connectivity index (χ2n) is 15.8. The summed E-state index contributed by atoms with van der Waals surface area (Å²) in [5.74, 6) is -0.328. The molecule has 320 valence electrons. The first-order valence-electron chi connectivity index (χ1n) is 20.9. The van der Waals surface area contributed by atoms with Gasteiger partial charge in [-0.2, -0.15) is 23.7 Å². The van der Waals surface area contributed by atoms with Crippen molar-refractivity contribution in [2.45, 2.75) is 26.2 Å². The number of anilines is 4. The molecule has 0 unspecified atom stereocenters. The highest BCUT2D eigenvalue weighted by Gasteiger charge is 2.30. The molecule has 0 radical (unpaired) electrons. The molecule has 2 heterocycles. The summed E-state index contributed by atoms with van der Waals surface area (Å²) in [6, 6.07) is 45.9. The first kappa shape index (κ1) is 44.0. The van der Waals surface area contributed by atoms with Crippen LogP contribution in [0, 0.1) is 29.6 Å². The molecule has 6 aromatic carbocycles. The van der Waals surface area contributed by atoms with Crippen molar-refractivity contribution in [3.63, 3.8) is 0 Å². The number of alkyl halides is 3. The Hall–Kier alpha value is -7.12. The minimum atomic E-state index is -4.42. The maximum Gasteiger partial charge on any atom is 0.416 e. The van der Waals surface area contributed by atoms with Crippen molar-refractivity contribution in [3.05, 3.63) is 178 Å². The van der Waals surface area contributed by atoms with Gasteiger partial charge in [0, 0.05) is 93.8 Å². The van der Waals surface area contributed by atoms with E-state index in [4.69, 9.17) is 16.3 Å². The van der Waals surface area contributed by atoms with Gasteiger partial charge in [0.2, 0.25) is 0 Å². The summed E-state index contributed by atoms with van der Waals surface area (Å²) in [4.78, 5) is 22.8. The van der Waals surface area contributed by atoms with Crippen molar-refractivity contribution < 1.29 is 18.0 Å². The number of aryl methyl sites for hydroxylation is 1. The lowest BCUT2D eigenvalue weighted by molar-refractivity contribution is -0.137. The van der Waals surface area contributed by atoms with Crippen LogP contribution in [0.5, 0.6) is 0 Å².